The first-order chi connectivity index (χ1) is 11.8. The molecule has 1 amide bonds. The van der Waals surface area contributed by atoms with Crippen molar-refractivity contribution in [2.45, 2.75) is 0 Å². The van der Waals surface area contributed by atoms with E-state index in [4.69, 9.17) is 4.74 Å². The number of thioether (sulfide) groups is 1. The molecule has 6 nitrogen and oxygen atoms in total. The van der Waals surface area contributed by atoms with Gasteiger partial charge in [0.25, 0.3) is 5.91 Å². The van der Waals surface area contributed by atoms with Gasteiger partial charge < -0.3 is 14.2 Å². The minimum Gasteiger partial charge on any atom is -0.378 e. The summed E-state index contributed by atoms with van der Waals surface area (Å²) in [7, 11) is 0. The molecule has 1 aromatic carbocycles. The quantitative estimate of drug-likeness (QED) is 0.784. The number of aromatic nitrogens is 2. The first kappa shape index (κ1) is 15.2. The maximum atomic E-state index is 12.1. The summed E-state index contributed by atoms with van der Waals surface area (Å²) < 4.78 is 7.28. The Hall–Kier alpha value is -2.38. The van der Waals surface area contributed by atoms with Crippen molar-refractivity contribution in [3.8, 4) is 5.69 Å². The zero-order valence-corrected chi connectivity index (χ0v) is 13.8. The monoisotopic (exact) mass is 340 g/mol. The smallest absolute Gasteiger partial charge is 0.286 e. The third-order valence-electron chi connectivity index (χ3n) is 3.88. The molecule has 3 heterocycles. The molecule has 1 aromatic heterocycles. The molecule has 0 aliphatic carbocycles. The van der Waals surface area contributed by atoms with Crippen LogP contribution in [0.4, 0.5) is 0 Å². The topological polar surface area (TPSA) is 59.7 Å². The van der Waals surface area contributed by atoms with Gasteiger partial charge in [-0.05, 0) is 35.5 Å². The molecular formula is C17H16N4O2S. The molecule has 2 aliphatic heterocycles. The van der Waals surface area contributed by atoms with Crippen molar-refractivity contribution in [1.82, 2.24) is 14.5 Å². The van der Waals surface area contributed by atoms with Gasteiger partial charge in [-0.25, -0.2) is 4.98 Å². The van der Waals surface area contributed by atoms with Gasteiger partial charge in [-0.15, -0.1) is 0 Å². The van der Waals surface area contributed by atoms with Crippen LogP contribution in [0.25, 0.3) is 11.8 Å². The summed E-state index contributed by atoms with van der Waals surface area (Å²) >= 11 is 1.44. The number of hydrogen-bond acceptors (Lipinski definition) is 5. The van der Waals surface area contributed by atoms with E-state index in [-0.39, 0.29) is 5.91 Å². The largest absolute Gasteiger partial charge is 0.378 e. The van der Waals surface area contributed by atoms with E-state index in [1.54, 1.807) is 12.5 Å². The highest BCUT2D eigenvalue weighted by molar-refractivity contribution is 8.18. The van der Waals surface area contributed by atoms with Crippen molar-refractivity contribution in [2.75, 3.05) is 26.3 Å². The van der Waals surface area contributed by atoms with Gasteiger partial charge >= 0.3 is 0 Å². The number of amides is 1. The molecule has 1 saturated heterocycles. The lowest BCUT2D eigenvalue weighted by Crippen LogP contribution is -2.38. The van der Waals surface area contributed by atoms with Crippen molar-refractivity contribution in [1.29, 1.82) is 0 Å². The summed E-state index contributed by atoms with van der Waals surface area (Å²) in [6.07, 6.45) is 7.29. The van der Waals surface area contributed by atoms with Gasteiger partial charge in [0.1, 0.15) is 0 Å². The highest BCUT2D eigenvalue weighted by atomic mass is 32.2. The number of aliphatic imine (C=N–C) groups is 1. The predicted octanol–water partition coefficient (Wildman–Crippen LogP) is 2.17. The average molecular weight is 340 g/mol. The van der Waals surface area contributed by atoms with E-state index in [9.17, 15) is 4.79 Å². The molecule has 122 valence electrons. The number of amidine groups is 1. The standard InChI is InChI=1S/C17H16N4O2S/c22-16-15(24-17(19-16)20-7-9-23-10-8-20)11-13-1-3-14(4-2-13)21-6-5-18-12-21/h1-6,11-12H,7-10H2/b15-11-. The van der Waals surface area contributed by atoms with Gasteiger partial charge in [-0.1, -0.05) is 12.1 Å². The Morgan fingerprint density at radius 2 is 1.96 bits per heavy atom. The van der Waals surface area contributed by atoms with E-state index >= 15 is 0 Å². The lowest BCUT2D eigenvalue weighted by Gasteiger charge is -2.27. The summed E-state index contributed by atoms with van der Waals surface area (Å²) in [6.45, 7) is 2.93. The number of hydrogen-bond donors (Lipinski definition) is 0. The maximum absolute atomic E-state index is 12.1. The van der Waals surface area contributed by atoms with Crippen LogP contribution in [-0.2, 0) is 9.53 Å². The fourth-order valence-corrected chi connectivity index (χ4v) is 3.56. The van der Waals surface area contributed by atoms with Gasteiger partial charge in [0, 0.05) is 31.2 Å². The molecule has 0 N–H and O–H groups in total. The van der Waals surface area contributed by atoms with E-state index in [0.29, 0.717) is 18.1 Å². The third-order valence-corrected chi connectivity index (χ3v) is 4.93. The Kier molecular flexibility index (Phi) is 4.18. The second-order valence-electron chi connectivity index (χ2n) is 5.47. The SMILES string of the molecule is O=C1N=C(N2CCOCC2)S/C1=C\c1ccc(-n2ccnc2)cc1. The second-order valence-corrected chi connectivity index (χ2v) is 6.48. The van der Waals surface area contributed by atoms with Crippen LogP contribution < -0.4 is 0 Å². The van der Waals surface area contributed by atoms with Gasteiger partial charge in [-0.3, -0.25) is 4.79 Å². The molecule has 1 fully saturated rings. The molecule has 0 unspecified atom stereocenters. The van der Waals surface area contributed by atoms with Crippen molar-refractivity contribution < 1.29 is 9.53 Å². The number of nitrogens with zero attached hydrogens (tertiary/aromatic N) is 4. The first-order valence-corrected chi connectivity index (χ1v) is 8.55. The van der Waals surface area contributed by atoms with Gasteiger partial charge in [0.15, 0.2) is 5.17 Å². The number of ether oxygens (including phenoxy) is 1. The zero-order chi connectivity index (χ0) is 16.4. The molecule has 0 saturated carbocycles. The van der Waals surface area contributed by atoms with E-state index < -0.39 is 0 Å². The highest BCUT2D eigenvalue weighted by Crippen LogP contribution is 2.30. The number of benzene rings is 1. The summed E-state index contributed by atoms with van der Waals surface area (Å²) in [5.74, 6) is -0.167. The van der Waals surface area contributed by atoms with E-state index in [1.165, 1.54) is 11.8 Å². The second kappa shape index (κ2) is 6.62. The normalized spacial score (nSPS) is 19.8. The summed E-state index contributed by atoms with van der Waals surface area (Å²) in [5, 5.41) is 0.782. The van der Waals surface area contributed by atoms with Gasteiger partial charge in [0.2, 0.25) is 0 Å². The fraction of sp³-hybridized carbons (Fsp3) is 0.235. The van der Waals surface area contributed by atoms with Crippen LogP contribution in [-0.4, -0.2) is 51.8 Å². The van der Waals surface area contributed by atoms with Crippen molar-refractivity contribution in [2.24, 2.45) is 4.99 Å². The fourth-order valence-electron chi connectivity index (χ4n) is 2.59. The number of morpholine rings is 1. The van der Waals surface area contributed by atoms with Crippen LogP contribution in [0.5, 0.6) is 0 Å². The van der Waals surface area contributed by atoms with Crippen LogP contribution in [0, 0.1) is 0 Å². The van der Waals surface area contributed by atoms with Crippen LogP contribution in [0.15, 0.2) is 52.9 Å². The number of imidazole rings is 1. The predicted molar refractivity (Wildman–Crippen MR) is 94.0 cm³/mol. The summed E-state index contributed by atoms with van der Waals surface area (Å²) in [5.41, 5.74) is 2.01. The molecule has 0 atom stereocenters. The van der Waals surface area contributed by atoms with E-state index in [1.807, 2.05) is 41.1 Å². The highest BCUT2D eigenvalue weighted by Gasteiger charge is 2.27. The molecular weight excluding hydrogens is 324 g/mol. The summed E-state index contributed by atoms with van der Waals surface area (Å²) in [4.78, 5) is 23.1. The first-order valence-electron chi connectivity index (χ1n) is 7.73. The molecule has 0 bridgehead atoms. The minimum atomic E-state index is -0.167. The Labute approximate surface area is 143 Å². The summed E-state index contributed by atoms with van der Waals surface area (Å²) in [6, 6.07) is 7.98. The van der Waals surface area contributed by atoms with Crippen LogP contribution in [0.3, 0.4) is 0 Å². The maximum Gasteiger partial charge on any atom is 0.286 e. The van der Waals surface area contributed by atoms with Crippen molar-refractivity contribution in [3.05, 3.63) is 53.5 Å². The lowest BCUT2D eigenvalue weighted by molar-refractivity contribution is -0.113. The Morgan fingerprint density at radius 1 is 1.17 bits per heavy atom. The molecule has 4 rings (SSSR count). The zero-order valence-electron chi connectivity index (χ0n) is 13.0. The van der Waals surface area contributed by atoms with Crippen LogP contribution in [0.1, 0.15) is 5.56 Å². The van der Waals surface area contributed by atoms with Crippen LogP contribution >= 0.6 is 11.8 Å². The molecule has 0 radical (unpaired) electrons. The molecule has 2 aromatic rings. The van der Waals surface area contributed by atoms with Crippen molar-refractivity contribution in [3.63, 3.8) is 0 Å². The molecule has 2 aliphatic rings. The Balaban J connectivity index is 1.49. The Morgan fingerprint density at radius 3 is 2.67 bits per heavy atom. The number of carbonyl (C=O) groups is 1. The number of rotatable bonds is 2. The average Bonchev–Trinajstić information content (AvgIpc) is 3.27. The minimum absolute atomic E-state index is 0.167. The van der Waals surface area contributed by atoms with E-state index in [0.717, 1.165) is 29.5 Å². The Bertz CT molecular complexity index is 791. The molecule has 24 heavy (non-hydrogen) atoms. The van der Waals surface area contributed by atoms with Crippen molar-refractivity contribution >= 4 is 28.9 Å². The lowest BCUT2D eigenvalue weighted by atomic mass is 10.2. The van der Waals surface area contributed by atoms with Crippen LogP contribution in [0.2, 0.25) is 0 Å². The van der Waals surface area contributed by atoms with Gasteiger partial charge in [0.05, 0.1) is 24.4 Å². The van der Waals surface area contributed by atoms with Gasteiger partial charge in [-0.2, -0.15) is 4.99 Å². The number of carbonyl (C=O) groups excluding carboxylic acids is 1. The molecule has 0 spiro atoms. The molecule has 7 heteroatoms. The third kappa shape index (κ3) is 3.13. The van der Waals surface area contributed by atoms with E-state index in [2.05, 4.69) is 14.9 Å².